The molecule has 2 aliphatic rings. The first kappa shape index (κ1) is 11.2. The standard InChI is InChI=1S/C15H20FN/c1-9-2-5-14(16)13(6-9)15(17)12-8-10-3-4-11(12)7-10/h2,5-6,10-12,15H,3-4,7-8,17H2,1H3. The normalized spacial score (nSPS) is 33.0. The summed E-state index contributed by atoms with van der Waals surface area (Å²) in [6, 6.07) is 5.18. The van der Waals surface area contributed by atoms with Gasteiger partial charge in [0, 0.05) is 11.6 Å². The zero-order valence-corrected chi connectivity index (χ0v) is 10.3. The van der Waals surface area contributed by atoms with E-state index in [9.17, 15) is 4.39 Å². The number of hydrogen-bond acceptors (Lipinski definition) is 1. The lowest BCUT2D eigenvalue weighted by Crippen LogP contribution is -2.26. The minimum absolute atomic E-state index is 0.106. The highest BCUT2D eigenvalue weighted by Crippen LogP contribution is 2.52. The molecular formula is C15H20FN. The van der Waals surface area contributed by atoms with E-state index >= 15 is 0 Å². The summed E-state index contributed by atoms with van der Waals surface area (Å²) in [5, 5.41) is 0. The van der Waals surface area contributed by atoms with Crippen molar-refractivity contribution in [1.29, 1.82) is 0 Å². The van der Waals surface area contributed by atoms with Crippen molar-refractivity contribution in [2.24, 2.45) is 23.5 Å². The van der Waals surface area contributed by atoms with Gasteiger partial charge in [0.15, 0.2) is 0 Å². The molecule has 0 amide bonds. The third-order valence-electron chi connectivity index (χ3n) is 4.76. The number of hydrogen-bond donors (Lipinski definition) is 1. The smallest absolute Gasteiger partial charge is 0.127 e. The third-order valence-corrected chi connectivity index (χ3v) is 4.76. The molecule has 3 rings (SSSR count). The molecule has 2 heteroatoms. The number of nitrogens with two attached hydrogens (primary N) is 1. The summed E-state index contributed by atoms with van der Waals surface area (Å²) >= 11 is 0. The molecule has 0 spiro atoms. The SMILES string of the molecule is Cc1ccc(F)c(C(N)C2CC3CCC2C3)c1. The summed E-state index contributed by atoms with van der Waals surface area (Å²) in [5.41, 5.74) is 8.14. The highest BCUT2D eigenvalue weighted by molar-refractivity contribution is 5.27. The zero-order valence-electron chi connectivity index (χ0n) is 10.3. The monoisotopic (exact) mass is 233 g/mol. The van der Waals surface area contributed by atoms with E-state index in [1.165, 1.54) is 25.7 Å². The van der Waals surface area contributed by atoms with Crippen LogP contribution in [0.25, 0.3) is 0 Å². The van der Waals surface area contributed by atoms with Gasteiger partial charge in [-0.3, -0.25) is 0 Å². The Morgan fingerprint density at radius 1 is 1.29 bits per heavy atom. The largest absolute Gasteiger partial charge is 0.324 e. The van der Waals surface area contributed by atoms with Gasteiger partial charge in [0.05, 0.1) is 0 Å². The Morgan fingerprint density at radius 2 is 2.12 bits per heavy atom. The number of halogens is 1. The van der Waals surface area contributed by atoms with Crippen molar-refractivity contribution in [3.63, 3.8) is 0 Å². The average Bonchev–Trinajstić information content (AvgIpc) is 2.93. The van der Waals surface area contributed by atoms with Gasteiger partial charge in [-0.05, 0) is 50.0 Å². The molecule has 4 unspecified atom stereocenters. The van der Waals surface area contributed by atoms with E-state index in [0.717, 1.165) is 23.0 Å². The number of fused-ring (bicyclic) bond motifs is 2. The van der Waals surface area contributed by atoms with Crippen molar-refractivity contribution in [3.8, 4) is 0 Å². The Kier molecular flexibility index (Phi) is 2.70. The number of aryl methyl sites for hydroxylation is 1. The summed E-state index contributed by atoms with van der Waals surface area (Å²) in [4.78, 5) is 0. The first-order chi connectivity index (χ1) is 8.15. The van der Waals surface area contributed by atoms with Gasteiger partial charge in [-0.2, -0.15) is 0 Å². The Balaban J connectivity index is 1.86. The van der Waals surface area contributed by atoms with Crippen LogP contribution in [-0.4, -0.2) is 0 Å². The van der Waals surface area contributed by atoms with Gasteiger partial charge in [0.25, 0.3) is 0 Å². The van der Waals surface area contributed by atoms with Gasteiger partial charge in [-0.1, -0.05) is 24.1 Å². The molecule has 2 aliphatic carbocycles. The van der Waals surface area contributed by atoms with Crippen LogP contribution in [0.1, 0.15) is 42.9 Å². The quantitative estimate of drug-likeness (QED) is 0.830. The molecule has 92 valence electrons. The molecule has 17 heavy (non-hydrogen) atoms. The van der Waals surface area contributed by atoms with E-state index in [4.69, 9.17) is 5.73 Å². The van der Waals surface area contributed by atoms with Gasteiger partial charge in [0.1, 0.15) is 5.82 Å². The van der Waals surface area contributed by atoms with Crippen LogP contribution in [0.15, 0.2) is 18.2 Å². The third kappa shape index (κ3) is 1.89. The topological polar surface area (TPSA) is 26.0 Å². The lowest BCUT2D eigenvalue weighted by Gasteiger charge is -2.28. The second kappa shape index (κ2) is 4.09. The fraction of sp³-hybridized carbons (Fsp3) is 0.600. The Labute approximate surface area is 102 Å². The number of benzene rings is 1. The summed E-state index contributed by atoms with van der Waals surface area (Å²) in [5.74, 6) is 1.98. The van der Waals surface area contributed by atoms with Crippen molar-refractivity contribution in [2.75, 3.05) is 0 Å². The fourth-order valence-corrected chi connectivity index (χ4v) is 3.88. The first-order valence-electron chi connectivity index (χ1n) is 6.67. The highest BCUT2D eigenvalue weighted by Gasteiger charge is 2.42. The van der Waals surface area contributed by atoms with Crippen LogP contribution in [0.4, 0.5) is 4.39 Å². The Bertz CT molecular complexity index is 429. The van der Waals surface area contributed by atoms with E-state index in [-0.39, 0.29) is 11.9 Å². The first-order valence-corrected chi connectivity index (χ1v) is 6.67. The van der Waals surface area contributed by atoms with Gasteiger partial charge in [-0.15, -0.1) is 0 Å². The zero-order chi connectivity index (χ0) is 12.0. The van der Waals surface area contributed by atoms with E-state index in [0.29, 0.717) is 5.92 Å². The molecule has 0 radical (unpaired) electrons. The summed E-state index contributed by atoms with van der Waals surface area (Å²) in [6.45, 7) is 2.00. The van der Waals surface area contributed by atoms with Crippen molar-refractivity contribution in [3.05, 3.63) is 35.1 Å². The molecule has 0 aliphatic heterocycles. The Morgan fingerprint density at radius 3 is 2.76 bits per heavy atom. The molecule has 2 bridgehead atoms. The van der Waals surface area contributed by atoms with Crippen molar-refractivity contribution in [2.45, 2.75) is 38.6 Å². The van der Waals surface area contributed by atoms with Crippen LogP contribution in [0, 0.1) is 30.5 Å². The molecule has 1 aromatic rings. The van der Waals surface area contributed by atoms with Crippen molar-refractivity contribution < 1.29 is 4.39 Å². The van der Waals surface area contributed by atoms with Gasteiger partial charge in [0.2, 0.25) is 0 Å². The predicted octanol–water partition coefficient (Wildman–Crippen LogP) is 3.57. The molecule has 2 fully saturated rings. The minimum atomic E-state index is -0.133. The van der Waals surface area contributed by atoms with Crippen LogP contribution in [0.5, 0.6) is 0 Å². The minimum Gasteiger partial charge on any atom is -0.324 e. The maximum atomic E-state index is 13.8. The lowest BCUT2D eigenvalue weighted by atomic mass is 9.80. The Hall–Kier alpha value is -0.890. The maximum absolute atomic E-state index is 13.8. The van der Waals surface area contributed by atoms with Crippen molar-refractivity contribution >= 4 is 0 Å². The van der Waals surface area contributed by atoms with E-state index in [2.05, 4.69) is 0 Å². The van der Waals surface area contributed by atoms with E-state index < -0.39 is 0 Å². The van der Waals surface area contributed by atoms with Crippen LogP contribution in [0.2, 0.25) is 0 Å². The van der Waals surface area contributed by atoms with Crippen LogP contribution in [0.3, 0.4) is 0 Å². The van der Waals surface area contributed by atoms with Crippen LogP contribution < -0.4 is 5.73 Å². The van der Waals surface area contributed by atoms with Gasteiger partial charge in [-0.25, -0.2) is 4.39 Å². The molecule has 1 aromatic carbocycles. The number of rotatable bonds is 2. The predicted molar refractivity (Wildman–Crippen MR) is 67.0 cm³/mol. The molecule has 2 saturated carbocycles. The second-order valence-corrected chi connectivity index (χ2v) is 5.89. The van der Waals surface area contributed by atoms with Gasteiger partial charge >= 0.3 is 0 Å². The fourth-order valence-electron chi connectivity index (χ4n) is 3.88. The second-order valence-electron chi connectivity index (χ2n) is 5.89. The molecular weight excluding hydrogens is 213 g/mol. The highest BCUT2D eigenvalue weighted by atomic mass is 19.1. The van der Waals surface area contributed by atoms with E-state index in [1.807, 2.05) is 19.1 Å². The lowest BCUT2D eigenvalue weighted by molar-refractivity contribution is 0.280. The van der Waals surface area contributed by atoms with E-state index in [1.54, 1.807) is 6.07 Å². The average molecular weight is 233 g/mol. The maximum Gasteiger partial charge on any atom is 0.127 e. The molecule has 0 heterocycles. The van der Waals surface area contributed by atoms with Crippen LogP contribution >= 0.6 is 0 Å². The summed E-state index contributed by atoms with van der Waals surface area (Å²) < 4.78 is 13.8. The molecule has 0 aromatic heterocycles. The molecule has 0 saturated heterocycles. The molecule has 2 N–H and O–H groups in total. The van der Waals surface area contributed by atoms with Crippen LogP contribution in [-0.2, 0) is 0 Å². The molecule has 4 atom stereocenters. The van der Waals surface area contributed by atoms with Gasteiger partial charge < -0.3 is 5.73 Å². The summed E-state index contributed by atoms with van der Waals surface area (Å²) in [7, 11) is 0. The summed E-state index contributed by atoms with van der Waals surface area (Å²) in [6.07, 6.45) is 5.20. The van der Waals surface area contributed by atoms with Crippen molar-refractivity contribution in [1.82, 2.24) is 0 Å². The molecule has 1 nitrogen and oxygen atoms in total.